The van der Waals surface area contributed by atoms with E-state index in [1.807, 2.05) is 0 Å². The fourth-order valence-corrected chi connectivity index (χ4v) is 2.20. The summed E-state index contributed by atoms with van der Waals surface area (Å²) in [7, 11) is 0. The van der Waals surface area contributed by atoms with E-state index in [1.165, 1.54) is 24.1 Å². The van der Waals surface area contributed by atoms with Crippen LogP contribution >= 0.6 is 0 Å². The summed E-state index contributed by atoms with van der Waals surface area (Å²) in [6, 6.07) is 8.82. The van der Waals surface area contributed by atoms with Gasteiger partial charge in [0, 0.05) is 24.3 Å². The Labute approximate surface area is 98.4 Å². The molecule has 1 aliphatic carbocycles. The molecular formula is C14H22N2. The average molecular weight is 218 g/mol. The van der Waals surface area contributed by atoms with E-state index in [0.717, 1.165) is 19.5 Å². The molecule has 2 heteroatoms. The number of rotatable bonds is 5. The van der Waals surface area contributed by atoms with Crippen LogP contribution in [-0.4, -0.2) is 18.6 Å². The van der Waals surface area contributed by atoms with Gasteiger partial charge in [-0.2, -0.15) is 0 Å². The third-order valence-corrected chi connectivity index (χ3v) is 3.49. The molecule has 0 heterocycles. The normalized spacial score (nSPS) is 17.2. The maximum absolute atomic E-state index is 6.16. The van der Waals surface area contributed by atoms with Crippen molar-refractivity contribution in [3.05, 3.63) is 29.8 Å². The van der Waals surface area contributed by atoms with Gasteiger partial charge in [-0.1, -0.05) is 12.1 Å². The first-order valence-corrected chi connectivity index (χ1v) is 6.29. The Morgan fingerprint density at radius 3 is 2.50 bits per heavy atom. The second kappa shape index (κ2) is 4.46. The van der Waals surface area contributed by atoms with Crippen molar-refractivity contribution in [1.29, 1.82) is 0 Å². The van der Waals surface area contributed by atoms with Crippen LogP contribution in [0.15, 0.2) is 24.3 Å². The van der Waals surface area contributed by atoms with Gasteiger partial charge in [-0.05, 0) is 50.8 Å². The molecule has 1 aromatic rings. The Kier molecular flexibility index (Phi) is 3.20. The molecule has 2 nitrogen and oxygen atoms in total. The number of hydrogen-bond donors (Lipinski definition) is 1. The Hall–Kier alpha value is -1.02. The Morgan fingerprint density at radius 1 is 1.25 bits per heavy atom. The van der Waals surface area contributed by atoms with Crippen LogP contribution in [-0.2, 0) is 6.42 Å². The monoisotopic (exact) mass is 218 g/mol. The van der Waals surface area contributed by atoms with Gasteiger partial charge in [0.2, 0.25) is 0 Å². The number of nitrogens with two attached hydrogens (primary N) is 1. The smallest absolute Gasteiger partial charge is 0.0368 e. The molecule has 1 fully saturated rings. The van der Waals surface area contributed by atoms with Crippen molar-refractivity contribution in [3.63, 3.8) is 0 Å². The maximum Gasteiger partial charge on any atom is 0.0368 e. The lowest BCUT2D eigenvalue weighted by molar-refractivity contribution is 0.672. The minimum atomic E-state index is 0.113. The van der Waals surface area contributed by atoms with E-state index >= 15 is 0 Å². The third-order valence-electron chi connectivity index (χ3n) is 3.49. The first-order chi connectivity index (χ1) is 7.67. The predicted molar refractivity (Wildman–Crippen MR) is 69.9 cm³/mol. The molecule has 0 spiro atoms. The molecule has 0 atom stereocenters. The van der Waals surface area contributed by atoms with Gasteiger partial charge in [0.25, 0.3) is 0 Å². The van der Waals surface area contributed by atoms with E-state index in [1.54, 1.807) is 0 Å². The molecule has 1 aromatic carbocycles. The van der Waals surface area contributed by atoms with Gasteiger partial charge in [0.15, 0.2) is 0 Å². The lowest BCUT2D eigenvalue weighted by Gasteiger charge is -2.22. The van der Waals surface area contributed by atoms with Gasteiger partial charge in [0.1, 0.15) is 0 Å². The van der Waals surface area contributed by atoms with E-state index in [9.17, 15) is 0 Å². The SMILES string of the molecule is CCN(CC)c1cccc(CC2(N)CC2)c1. The van der Waals surface area contributed by atoms with Crippen LogP contribution < -0.4 is 10.6 Å². The fourth-order valence-electron chi connectivity index (χ4n) is 2.20. The van der Waals surface area contributed by atoms with Gasteiger partial charge < -0.3 is 10.6 Å². The highest BCUT2D eigenvalue weighted by molar-refractivity contribution is 5.48. The standard InChI is InChI=1S/C14H22N2/c1-3-16(4-2)13-7-5-6-12(10-13)11-14(15)8-9-14/h5-7,10H,3-4,8-9,11,15H2,1-2H3. The van der Waals surface area contributed by atoms with Crippen molar-refractivity contribution in [2.24, 2.45) is 5.73 Å². The average Bonchev–Trinajstić information content (AvgIpc) is 2.98. The zero-order valence-corrected chi connectivity index (χ0v) is 10.4. The van der Waals surface area contributed by atoms with Crippen LogP contribution in [0, 0.1) is 0 Å². The Morgan fingerprint density at radius 2 is 1.94 bits per heavy atom. The summed E-state index contributed by atoms with van der Waals surface area (Å²) in [5.41, 5.74) is 8.97. The molecule has 88 valence electrons. The van der Waals surface area contributed by atoms with Crippen molar-refractivity contribution in [1.82, 2.24) is 0 Å². The highest BCUT2D eigenvalue weighted by Gasteiger charge is 2.37. The van der Waals surface area contributed by atoms with Crippen molar-refractivity contribution in [2.45, 2.75) is 38.6 Å². The van der Waals surface area contributed by atoms with Gasteiger partial charge in [-0.15, -0.1) is 0 Å². The van der Waals surface area contributed by atoms with Crippen LogP contribution in [0.3, 0.4) is 0 Å². The molecule has 1 aliphatic rings. The molecule has 1 saturated carbocycles. The quantitative estimate of drug-likeness (QED) is 0.823. The van der Waals surface area contributed by atoms with Gasteiger partial charge in [-0.25, -0.2) is 0 Å². The maximum atomic E-state index is 6.16. The van der Waals surface area contributed by atoms with Crippen LogP contribution in [0.2, 0.25) is 0 Å². The third kappa shape index (κ3) is 2.56. The van der Waals surface area contributed by atoms with Crippen LogP contribution in [0.1, 0.15) is 32.3 Å². The summed E-state index contributed by atoms with van der Waals surface area (Å²) in [5, 5.41) is 0. The first kappa shape index (κ1) is 11.5. The molecule has 0 aromatic heterocycles. The van der Waals surface area contributed by atoms with Crippen molar-refractivity contribution >= 4 is 5.69 Å². The first-order valence-electron chi connectivity index (χ1n) is 6.29. The lowest BCUT2D eigenvalue weighted by Crippen LogP contribution is -2.25. The zero-order valence-electron chi connectivity index (χ0n) is 10.4. The topological polar surface area (TPSA) is 29.3 Å². The minimum Gasteiger partial charge on any atom is -0.372 e. The minimum absolute atomic E-state index is 0.113. The molecule has 0 amide bonds. The molecular weight excluding hydrogens is 196 g/mol. The second-order valence-electron chi connectivity index (χ2n) is 4.88. The van der Waals surface area contributed by atoms with Crippen molar-refractivity contribution in [2.75, 3.05) is 18.0 Å². The van der Waals surface area contributed by atoms with Crippen LogP contribution in [0.25, 0.3) is 0 Å². The van der Waals surface area contributed by atoms with E-state index in [0.29, 0.717) is 0 Å². The molecule has 0 bridgehead atoms. The van der Waals surface area contributed by atoms with Gasteiger partial charge in [-0.3, -0.25) is 0 Å². The number of anilines is 1. The molecule has 16 heavy (non-hydrogen) atoms. The molecule has 0 unspecified atom stereocenters. The van der Waals surface area contributed by atoms with E-state index in [-0.39, 0.29) is 5.54 Å². The highest BCUT2D eigenvalue weighted by atomic mass is 15.1. The Bertz CT molecular complexity index is 352. The summed E-state index contributed by atoms with van der Waals surface area (Å²) in [5.74, 6) is 0. The van der Waals surface area contributed by atoms with Gasteiger partial charge >= 0.3 is 0 Å². The van der Waals surface area contributed by atoms with E-state index < -0.39 is 0 Å². The number of hydrogen-bond acceptors (Lipinski definition) is 2. The fraction of sp³-hybridized carbons (Fsp3) is 0.571. The molecule has 0 radical (unpaired) electrons. The Balaban J connectivity index is 2.12. The molecule has 0 saturated heterocycles. The summed E-state index contributed by atoms with van der Waals surface area (Å²) >= 11 is 0. The summed E-state index contributed by atoms with van der Waals surface area (Å²) in [6.07, 6.45) is 3.40. The highest BCUT2D eigenvalue weighted by Crippen LogP contribution is 2.36. The zero-order chi connectivity index (χ0) is 11.6. The summed E-state index contributed by atoms with van der Waals surface area (Å²) in [4.78, 5) is 2.37. The van der Waals surface area contributed by atoms with Gasteiger partial charge in [0.05, 0.1) is 0 Å². The molecule has 2 rings (SSSR count). The molecule has 0 aliphatic heterocycles. The second-order valence-corrected chi connectivity index (χ2v) is 4.88. The van der Waals surface area contributed by atoms with Crippen LogP contribution in [0.5, 0.6) is 0 Å². The molecule has 2 N–H and O–H groups in total. The van der Waals surface area contributed by atoms with E-state index in [2.05, 4.69) is 43.0 Å². The summed E-state index contributed by atoms with van der Waals surface area (Å²) < 4.78 is 0. The lowest BCUT2D eigenvalue weighted by atomic mass is 10.0. The predicted octanol–water partition coefficient (Wildman–Crippen LogP) is 2.57. The summed E-state index contributed by atoms with van der Waals surface area (Å²) in [6.45, 7) is 6.52. The van der Waals surface area contributed by atoms with Crippen molar-refractivity contribution in [3.8, 4) is 0 Å². The number of benzene rings is 1. The number of nitrogens with zero attached hydrogens (tertiary/aromatic N) is 1. The van der Waals surface area contributed by atoms with Crippen molar-refractivity contribution < 1.29 is 0 Å². The largest absolute Gasteiger partial charge is 0.372 e. The van der Waals surface area contributed by atoms with Crippen LogP contribution in [0.4, 0.5) is 5.69 Å². The van der Waals surface area contributed by atoms with E-state index in [4.69, 9.17) is 5.73 Å².